The van der Waals surface area contributed by atoms with Crippen LogP contribution in [0.15, 0.2) is 49.1 Å². The maximum absolute atomic E-state index is 9.14. The zero-order valence-corrected chi connectivity index (χ0v) is 8.11. The van der Waals surface area contributed by atoms with E-state index in [9.17, 15) is 0 Å². The van der Waals surface area contributed by atoms with Gasteiger partial charge in [0.25, 0.3) is 0 Å². The SMILES string of the molecule is C=C/C=C\C=C/C(=C)CN(O)CC. The second-order valence-corrected chi connectivity index (χ2v) is 2.62. The summed E-state index contributed by atoms with van der Waals surface area (Å²) in [7, 11) is 0. The number of likely N-dealkylation sites (N-methyl/N-ethyl adjacent to an activating group) is 1. The first-order valence-electron chi connectivity index (χ1n) is 4.28. The number of allylic oxidation sites excluding steroid dienone is 4. The molecular weight excluding hydrogens is 162 g/mol. The first-order valence-corrected chi connectivity index (χ1v) is 4.28. The highest BCUT2D eigenvalue weighted by atomic mass is 16.5. The molecule has 2 heteroatoms. The molecule has 0 amide bonds. The van der Waals surface area contributed by atoms with Crippen molar-refractivity contribution in [3.8, 4) is 0 Å². The molecule has 13 heavy (non-hydrogen) atoms. The van der Waals surface area contributed by atoms with Gasteiger partial charge >= 0.3 is 0 Å². The lowest BCUT2D eigenvalue weighted by Crippen LogP contribution is -2.20. The molecule has 0 unspecified atom stereocenters. The summed E-state index contributed by atoms with van der Waals surface area (Å²) in [6.45, 7) is 10.3. The van der Waals surface area contributed by atoms with Crippen molar-refractivity contribution < 1.29 is 5.21 Å². The molecule has 0 saturated heterocycles. The van der Waals surface area contributed by atoms with Gasteiger partial charge in [-0.15, -0.1) is 0 Å². The first kappa shape index (κ1) is 11.9. The Hall–Kier alpha value is -1.12. The van der Waals surface area contributed by atoms with E-state index in [1.54, 1.807) is 6.08 Å². The molecule has 0 radical (unpaired) electrons. The molecule has 1 N–H and O–H groups in total. The lowest BCUT2D eigenvalue weighted by atomic mass is 10.2. The van der Waals surface area contributed by atoms with Gasteiger partial charge in [0.1, 0.15) is 0 Å². The fraction of sp³-hybridized carbons (Fsp3) is 0.273. The second-order valence-electron chi connectivity index (χ2n) is 2.62. The Morgan fingerprint density at radius 2 is 2.08 bits per heavy atom. The predicted molar refractivity (Wildman–Crippen MR) is 56.7 cm³/mol. The minimum Gasteiger partial charge on any atom is -0.314 e. The fourth-order valence-corrected chi connectivity index (χ4v) is 0.733. The van der Waals surface area contributed by atoms with Crippen LogP contribution < -0.4 is 0 Å². The molecule has 0 aliphatic carbocycles. The van der Waals surface area contributed by atoms with Crippen LogP contribution in [0.25, 0.3) is 0 Å². The second kappa shape index (κ2) is 7.53. The number of hydroxylamine groups is 2. The third-order valence-electron chi connectivity index (χ3n) is 1.44. The van der Waals surface area contributed by atoms with E-state index in [4.69, 9.17) is 5.21 Å². The van der Waals surface area contributed by atoms with Crippen molar-refractivity contribution in [2.45, 2.75) is 6.92 Å². The quantitative estimate of drug-likeness (QED) is 0.500. The lowest BCUT2D eigenvalue weighted by molar-refractivity contribution is -0.0768. The van der Waals surface area contributed by atoms with E-state index in [1.807, 2.05) is 31.2 Å². The molecule has 0 atom stereocenters. The van der Waals surface area contributed by atoms with E-state index in [1.165, 1.54) is 5.06 Å². The summed E-state index contributed by atoms with van der Waals surface area (Å²) in [6.07, 6.45) is 9.13. The molecule has 0 fully saturated rings. The lowest BCUT2D eigenvalue weighted by Gasteiger charge is -2.10. The molecule has 0 saturated carbocycles. The maximum Gasteiger partial charge on any atom is 0.0482 e. The topological polar surface area (TPSA) is 23.5 Å². The normalized spacial score (nSPS) is 11.6. The summed E-state index contributed by atoms with van der Waals surface area (Å²) >= 11 is 0. The van der Waals surface area contributed by atoms with Crippen LogP contribution in [0, 0.1) is 0 Å². The minimum atomic E-state index is 0.481. The summed E-state index contributed by atoms with van der Waals surface area (Å²) < 4.78 is 0. The van der Waals surface area contributed by atoms with Crippen LogP contribution in [-0.2, 0) is 0 Å². The zero-order chi connectivity index (χ0) is 10.1. The summed E-state index contributed by atoms with van der Waals surface area (Å²) in [6, 6.07) is 0. The van der Waals surface area contributed by atoms with Crippen molar-refractivity contribution >= 4 is 0 Å². The van der Waals surface area contributed by atoms with Gasteiger partial charge in [0, 0.05) is 13.1 Å². The molecule has 0 aliphatic rings. The Morgan fingerprint density at radius 3 is 2.62 bits per heavy atom. The van der Waals surface area contributed by atoms with Crippen LogP contribution in [0.2, 0.25) is 0 Å². The van der Waals surface area contributed by atoms with Crippen molar-refractivity contribution in [3.05, 3.63) is 49.1 Å². The molecule has 0 spiro atoms. The van der Waals surface area contributed by atoms with Crippen LogP contribution >= 0.6 is 0 Å². The van der Waals surface area contributed by atoms with Gasteiger partial charge < -0.3 is 5.21 Å². The Balaban J connectivity index is 3.79. The van der Waals surface area contributed by atoms with Crippen molar-refractivity contribution in [1.29, 1.82) is 0 Å². The Bertz CT molecular complexity index is 216. The van der Waals surface area contributed by atoms with Crippen LogP contribution in [0.1, 0.15) is 6.92 Å². The summed E-state index contributed by atoms with van der Waals surface area (Å²) in [5, 5.41) is 10.3. The van der Waals surface area contributed by atoms with Gasteiger partial charge in [-0.05, 0) is 5.57 Å². The fourth-order valence-electron chi connectivity index (χ4n) is 0.733. The average molecular weight is 179 g/mol. The van der Waals surface area contributed by atoms with Gasteiger partial charge in [0.05, 0.1) is 0 Å². The van der Waals surface area contributed by atoms with Crippen LogP contribution in [0.4, 0.5) is 0 Å². The molecule has 0 aromatic rings. The van der Waals surface area contributed by atoms with E-state index in [2.05, 4.69) is 13.2 Å². The third kappa shape index (κ3) is 7.25. The minimum absolute atomic E-state index is 0.481. The molecule has 2 nitrogen and oxygen atoms in total. The molecule has 72 valence electrons. The largest absolute Gasteiger partial charge is 0.314 e. The monoisotopic (exact) mass is 179 g/mol. The van der Waals surface area contributed by atoms with Crippen LogP contribution in [0.5, 0.6) is 0 Å². The molecule has 0 bridgehead atoms. The predicted octanol–water partition coefficient (Wildman–Crippen LogP) is 2.55. The number of hydrogen-bond acceptors (Lipinski definition) is 2. The molecule has 0 rings (SSSR count). The Kier molecular flexibility index (Phi) is 6.88. The Labute approximate surface area is 80.1 Å². The summed E-state index contributed by atoms with van der Waals surface area (Å²) in [4.78, 5) is 0. The highest BCUT2D eigenvalue weighted by Crippen LogP contribution is 1.96. The van der Waals surface area contributed by atoms with Crippen molar-refractivity contribution in [1.82, 2.24) is 5.06 Å². The number of nitrogens with zero attached hydrogens (tertiary/aromatic N) is 1. The molecule has 0 heterocycles. The van der Waals surface area contributed by atoms with Gasteiger partial charge in [-0.3, -0.25) is 0 Å². The van der Waals surface area contributed by atoms with Crippen molar-refractivity contribution in [2.75, 3.05) is 13.1 Å². The molecule has 0 aliphatic heterocycles. The highest BCUT2D eigenvalue weighted by Gasteiger charge is 1.95. The number of hydrogen-bond donors (Lipinski definition) is 1. The number of rotatable bonds is 6. The van der Waals surface area contributed by atoms with E-state index < -0.39 is 0 Å². The van der Waals surface area contributed by atoms with Crippen LogP contribution in [0.3, 0.4) is 0 Å². The first-order chi connectivity index (χ1) is 6.20. The van der Waals surface area contributed by atoms with E-state index in [0.29, 0.717) is 13.1 Å². The van der Waals surface area contributed by atoms with Crippen LogP contribution in [-0.4, -0.2) is 23.4 Å². The smallest absolute Gasteiger partial charge is 0.0482 e. The molecule has 0 aromatic heterocycles. The van der Waals surface area contributed by atoms with E-state index in [-0.39, 0.29) is 0 Å². The third-order valence-corrected chi connectivity index (χ3v) is 1.44. The van der Waals surface area contributed by atoms with Gasteiger partial charge in [-0.25, -0.2) is 0 Å². The summed E-state index contributed by atoms with van der Waals surface area (Å²) in [5.41, 5.74) is 0.873. The van der Waals surface area contributed by atoms with Gasteiger partial charge in [0.15, 0.2) is 0 Å². The highest BCUT2D eigenvalue weighted by molar-refractivity contribution is 5.21. The van der Waals surface area contributed by atoms with Gasteiger partial charge in [-0.1, -0.05) is 50.5 Å². The average Bonchev–Trinajstić information content (AvgIpc) is 2.12. The van der Waals surface area contributed by atoms with E-state index in [0.717, 1.165) is 5.57 Å². The molecular formula is C11H17NO. The maximum atomic E-state index is 9.14. The van der Waals surface area contributed by atoms with Gasteiger partial charge in [-0.2, -0.15) is 5.06 Å². The standard InChI is InChI=1S/C11H17NO/c1-4-6-7-8-9-11(3)10-12(13)5-2/h4,6-9,13H,1,3,5,10H2,2H3/b7-6-,9-8-. The molecule has 0 aromatic carbocycles. The van der Waals surface area contributed by atoms with E-state index >= 15 is 0 Å². The zero-order valence-electron chi connectivity index (χ0n) is 8.11. The van der Waals surface area contributed by atoms with Gasteiger partial charge in [0.2, 0.25) is 0 Å². The Morgan fingerprint density at radius 1 is 1.38 bits per heavy atom. The van der Waals surface area contributed by atoms with Crippen molar-refractivity contribution in [2.24, 2.45) is 0 Å². The summed E-state index contributed by atoms with van der Waals surface area (Å²) in [5.74, 6) is 0. The van der Waals surface area contributed by atoms with Crippen molar-refractivity contribution in [3.63, 3.8) is 0 Å².